The van der Waals surface area contributed by atoms with Crippen LogP contribution in [0, 0.1) is 13.8 Å². The fourth-order valence-corrected chi connectivity index (χ4v) is 2.76. The molecule has 146 valence electrons. The van der Waals surface area contributed by atoms with Crippen LogP contribution >= 0.6 is 0 Å². The molecule has 0 amide bonds. The number of hydrogen-bond acceptors (Lipinski definition) is 6. The molecule has 0 heterocycles. The first-order chi connectivity index (χ1) is 12.2. The van der Waals surface area contributed by atoms with Gasteiger partial charge < -0.3 is 13.1 Å². The minimum atomic E-state index is -3.65. The van der Waals surface area contributed by atoms with Crippen LogP contribution in [0.15, 0.2) is 52.3 Å². The molecule has 0 bridgehead atoms. The molecule has 0 aliphatic carbocycles. The maximum Gasteiger partial charge on any atom is 0.231 e. The van der Waals surface area contributed by atoms with E-state index in [9.17, 15) is 12.6 Å². The molecule has 0 aromatic heterocycles. The molecule has 0 unspecified atom stereocenters. The van der Waals surface area contributed by atoms with E-state index in [0.717, 1.165) is 17.6 Å². The van der Waals surface area contributed by atoms with Crippen molar-refractivity contribution in [1.82, 2.24) is 0 Å². The van der Waals surface area contributed by atoms with Crippen LogP contribution in [0.2, 0.25) is 0 Å². The van der Waals surface area contributed by atoms with Crippen LogP contribution in [0.4, 0.5) is 0 Å². The number of aryl methyl sites for hydroxylation is 2. The molecule has 0 radical (unpaired) electrons. The summed E-state index contributed by atoms with van der Waals surface area (Å²) in [6.07, 6.45) is 0.851. The molecule has 6 nitrogen and oxygen atoms in total. The Hall–Kier alpha value is -2.06. The van der Waals surface area contributed by atoms with Gasteiger partial charge in [0.2, 0.25) is 10.0 Å². The Kier molecular flexibility index (Phi) is 11.3. The van der Waals surface area contributed by atoms with E-state index < -0.39 is 20.9 Å². The van der Waals surface area contributed by atoms with Crippen molar-refractivity contribution in [3.05, 3.63) is 59.7 Å². The van der Waals surface area contributed by atoms with Gasteiger partial charge in [-0.1, -0.05) is 49.2 Å². The van der Waals surface area contributed by atoms with Crippen LogP contribution in [0.25, 0.3) is 0 Å². The van der Waals surface area contributed by atoms with Gasteiger partial charge in [0, 0.05) is 10.9 Å². The van der Waals surface area contributed by atoms with Crippen LogP contribution < -0.4 is 8.92 Å². The summed E-state index contributed by atoms with van der Waals surface area (Å²) in [7, 11) is -4.19. The Balaban J connectivity index is 0.000000484. The fourth-order valence-electron chi connectivity index (χ4n) is 1.48. The molecule has 0 atom stereocenters. The summed E-state index contributed by atoms with van der Waals surface area (Å²) < 4.78 is 45.0. The van der Waals surface area contributed by atoms with Gasteiger partial charge in [-0.2, -0.15) is 0 Å². The van der Waals surface area contributed by atoms with Gasteiger partial charge in [0.15, 0.2) is 0 Å². The smallest absolute Gasteiger partial charge is 0.231 e. The number of benzene rings is 2. The van der Waals surface area contributed by atoms with Crippen LogP contribution in [-0.4, -0.2) is 21.8 Å². The van der Waals surface area contributed by atoms with E-state index >= 15 is 0 Å². The summed E-state index contributed by atoms with van der Waals surface area (Å²) in [5.74, 6) is 1.23. The Bertz CT molecular complexity index is 823. The molecule has 26 heavy (non-hydrogen) atoms. The molecule has 0 N–H and O–H groups in total. The summed E-state index contributed by atoms with van der Waals surface area (Å²) in [6, 6.07) is 14.7. The number of methoxy groups -OCH3 is 1. The van der Waals surface area contributed by atoms with Crippen molar-refractivity contribution in [1.29, 1.82) is 0 Å². The second-order valence-electron chi connectivity index (χ2n) is 4.94. The Morgan fingerprint density at radius 2 is 1.23 bits per heavy atom. The van der Waals surface area contributed by atoms with Gasteiger partial charge in [-0.15, -0.1) is 0 Å². The van der Waals surface area contributed by atoms with E-state index in [1.54, 1.807) is 31.4 Å². The van der Waals surface area contributed by atoms with Crippen molar-refractivity contribution in [2.24, 2.45) is 3.77 Å². The van der Waals surface area contributed by atoms with Crippen LogP contribution in [0.5, 0.6) is 11.5 Å². The van der Waals surface area contributed by atoms with Crippen molar-refractivity contribution in [2.45, 2.75) is 27.7 Å². The zero-order valence-electron chi connectivity index (χ0n) is 15.9. The maximum absolute atomic E-state index is 11.1. The van der Waals surface area contributed by atoms with Crippen molar-refractivity contribution in [3.63, 3.8) is 0 Å². The normalized spacial score (nSPS) is 11.3. The van der Waals surface area contributed by atoms with Gasteiger partial charge in [-0.05, 0) is 38.1 Å². The molecule has 0 saturated carbocycles. The largest absolute Gasteiger partial charge is 0.546 e. The van der Waals surface area contributed by atoms with Crippen molar-refractivity contribution in [2.75, 3.05) is 13.4 Å². The monoisotopic (exact) mass is 400 g/mol. The Morgan fingerprint density at radius 1 is 0.846 bits per heavy atom. The minimum absolute atomic E-state index is 0.311. The molecule has 2 aromatic carbocycles. The summed E-state index contributed by atoms with van der Waals surface area (Å²) in [5, 5.41) is 0. The molecular formula is C18H26NO5S2-. The van der Waals surface area contributed by atoms with Gasteiger partial charge >= 0.3 is 0 Å². The quantitative estimate of drug-likeness (QED) is 0.709. The summed E-state index contributed by atoms with van der Waals surface area (Å²) in [4.78, 5) is 0. The van der Waals surface area contributed by atoms with Gasteiger partial charge in [0.05, 0.1) is 13.4 Å². The van der Waals surface area contributed by atoms with E-state index in [1.165, 1.54) is 5.56 Å². The van der Waals surface area contributed by atoms with E-state index in [-0.39, 0.29) is 0 Å². The topological polar surface area (TPSA) is 82.0 Å². The van der Waals surface area contributed by atoms with E-state index in [2.05, 4.69) is 10.7 Å². The third-order valence-corrected chi connectivity index (χ3v) is 4.55. The summed E-state index contributed by atoms with van der Waals surface area (Å²) in [5.41, 5.74) is 2.28. The Morgan fingerprint density at radius 3 is 1.58 bits per heavy atom. The van der Waals surface area contributed by atoms with Crippen LogP contribution in [0.1, 0.15) is 25.0 Å². The number of hydrogen-bond donors (Lipinski definition) is 0. The van der Waals surface area contributed by atoms with Crippen LogP contribution in [0.3, 0.4) is 0 Å². The molecule has 0 saturated heterocycles. The molecule has 0 fully saturated rings. The van der Waals surface area contributed by atoms with E-state index in [1.807, 2.05) is 45.0 Å². The maximum atomic E-state index is 11.1. The lowest BCUT2D eigenvalue weighted by Gasteiger charge is -2.08. The third kappa shape index (κ3) is 11.5. The SMILES string of the molecule is CC.COc1ccc(C)cc1.Cc1ccc(O[S-](=O)=NS(C)(=O)=O)cc1. The summed E-state index contributed by atoms with van der Waals surface area (Å²) >= 11 is 0. The second kappa shape index (κ2) is 12.3. The minimum Gasteiger partial charge on any atom is -0.546 e. The van der Waals surface area contributed by atoms with E-state index in [4.69, 9.17) is 8.92 Å². The molecule has 2 rings (SSSR count). The van der Waals surface area contributed by atoms with Gasteiger partial charge in [-0.25, -0.2) is 12.2 Å². The first-order valence-corrected chi connectivity index (χ1v) is 10.8. The number of sulfonamides is 1. The van der Waals surface area contributed by atoms with Gasteiger partial charge in [0.1, 0.15) is 11.5 Å². The number of nitrogens with zero attached hydrogens (tertiary/aromatic N) is 1. The lowest BCUT2D eigenvalue weighted by molar-refractivity contribution is 0.414. The fraction of sp³-hybridized carbons (Fsp3) is 0.333. The summed E-state index contributed by atoms with van der Waals surface area (Å²) in [6.45, 7) is 7.95. The lowest BCUT2D eigenvalue weighted by Crippen LogP contribution is -1.95. The van der Waals surface area contributed by atoms with Gasteiger partial charge in [0.25, 0.3) is 0 Å². The molecule has 0 aliphatic rings. The predicted octanol–water partition coefficient (Wildman–Crippen LogP) is 4.43. The standard InChI is InChI=1S/C8H10NO4S2.C8H10O.C2H6/c1-7-3-5-8(6-4-7)13-14(10)9-15(2,11)12;1-7-3-5-8(9-2)6-4-7;1-2/h3-6H,1-2H3;3-6H,1-2H3;1-2H3/q-1;;. The van der Waals surface area contributed by atoms with E-state index in [0.29, 0.717) is 5.75 Å². The Labute approximate surface area is 158 Å². The van der Waals surface area contributed by atoms with Gasteiger partial charge in [-0.3, -0.25) is 0 Å². The molecule has 2 aromatic rings. The third-order valence-electron chi connectivity index (χ3n) is 2.64. The predicted molar refractivity (Wildman–Crippen MR) is 106 cm³/mol. The molecule has 0 aliphatic heterocycles. The average Bonchev–Trinajstić information content (AvgIpc) is 2.58. The first-order valence-electron chi connectivity index (χ1n) is 7.90. The lowest BCUT2D eigenvalue weighted by atomic mass is 10.2. The van der Waals surface area contributed by atoms with Crippen molar-refractivity contribution in [3.8, 4) is 11.5 Å². The zero-order valence-corrected chi connectivity index (χ0v) is 17.6. The number of ether oxygens (including phenoxy) is 1. The second-order valence-corrected chi connectivity index (χ2v) is 7.60. The highest BCUT2D eigenvalue weighted by atomic mass is 32.3. The molecule has 8 heteroatoms. The average molecular weight is 401 g/mol. The molecule has 0 spiro atoms. The molecular weight excluding hydrogens is 374 g/mol. The number of rotatable bonds is 4. The van der Waals surface area contributed by atoms with Crippen molar-refractivity contribution < 1.29 is 21.5 Å². The van der Waals surface area contributed by atoms with Crippen LogP contribution in [-0.2, 0) is 25.1 Å². The highest BCUT2D eigenvalue weighted by Crippen LogP contribution is 2.12. The highest BCUT2D eigenvalue weighted by molar-refractivity contribution is 7.94. The highest BCUT2D eigenvalue weighted by Gasteiger charge is 1.91. The zero-order chi connectivity index (χ0) is 20.2. The first kappa shape index (κ1) is 23.9. The van der Waals surface area contributed by atoms with Crippen molar-refractivity contribution >= 4 is 20.9 Å².